The zero-order valence-corrected chi connectivity index (χ0v) is 12.6. The number of rotatable bonds is 6. The van der Waals surface area contributed by atoms with Gasteiger partial charge in [0.1, 0.15) is 12.4 Å². The standard InChI is InChI=1S/C13H19NO5S/c1-9(2)20(16,17)8-7-19-13(15)10-5-4-6-11(18-3)12(10)14/h4-6,9H,7-8,14H2,1-3H3. The van der Waals surface area contributed by atoms with Gasteiger partial charge in [-0.2, -0.15) is 0 Å². The van der Waals surface area contributed by atoms with Crippen LogP contribution >= 0.6 is 0 Å². The molecule has 112 valence electrons. The Bertz CT molecular complexity index is 580. The largest absolute Gasteiger partial charge is 0.495 e. The molecule has 0 bridgehead atoms. The van der Waals surface area contributed by atoms with Crippen LogP contribution < -0.4 is 10.5 Å². The minimum Gasteiger partial charge on any atom is -0.495 e. The van der Waals surface area contributed by atoms with Crippen molar-refractivity contribution >= 4 is 21.5 Å². The van der Waals surface area contributed by atoms with E-state index in [4.69, 9.17) is 15.2 Å². The van der Waals surface area contributed by atoms with Gasteiger partial charge in [0, 0.05) is 0 Å². The van der Waals surface area contributed by atoms with Crippen molar-refractivity contribution in [3.8, 4) is 5.75 Å². The molecule has 0 aromatic heterocycles. The fourth-order valence-electron chi connectivity index (χ4n) is 1.46. The molecule has 0 aliphatic rings. The highest BCUT2D eigenvalue weighted by atomic mass is 32.2. The summed E-state index contributed by atoms with van der Waals surface area (Å²) >= 11 is 0. The fourth-order valence-corrected chi connectivity index (χ4v) is 2.25. The number of benzene rings is 1. The molecule has 1 aromatic rings. The molecule has 0 unspecified atom stereocenters. The molecule has 7 heteroatoms. The zero-order chi connectivity index (χ0) is 15.3. The monoisotopic (exact) mass is 301 g/mol. The Hall–Kier alpha value is -1.76. The molecule has 20 heavy (non-hydrogen) atoms. The summed E-state index contributed by atoms with van der Waals surface area (Å²) in [6.07, 6.45) is 0. The van der Waals surface area contributed by atoms with E-state index in [2.05, 4.69) is 0 Å². The zero-order valence-electron chi connectivity index (χ0n) is 11.8. The van der Waals surface area contributed by atoms with Crippen molar-refractivity contribution < 1.29 is 22.7 Å². The van der Waals surface area contributed by atoms with E-state index in [1.165, 1.54) is 13.2 Å². The maximum absolute atomic E-state index is 11.8. The van der Waals surface area contributed by atoms with E-state index in [-0.39, 0.29) is 23.6 Å². The van der Waals surface area contributed by atoms with E-state index in [0.717, 1.165) is 0 Å². The number of hydrogen-bond acceptors (Lipinski definition) is 6. The Balaban J connectivity index is 2.69. The summed E-state index contributed by atoms with van der Waals surface area (Å²) in [7, 11) is -1.79. The van der Waals surface area contributed by atoms with E-state index < -0.39 is 21.1 Å². The summed E-state index contributed by atoms with van der Waals surface area (Å²) in [5, 5.41) is -0.497. The number of methoxy groups -OCH3 is 1. The Kier molecular flexibility index (Phi) is 5.38. The number of carbonyl (C=O) groups excluding carboxylic acids is 1. The molecule has 1 aromatic carbocycles. The Morgan fingerprint density at radius 2 is 2.00 bits per heavy atom. The summed E-state index contributed by atoms with van der Waals surface area (Å²) in [6, 6.07) is 4.73. The first kappa shape index (κ1) is 16.3. The molecular weight excluding hydrogens is 282 g/mol. The van der Waals surface area contributed by atoms with Crippen molar-refractivity contribution in [2.45, 2.75) is 19.1 Å². The smallest absolute Gasteiger partial charge is 0.340 e. The van der Waals surface area contributed by atoms with Gasteiger partial charge in [-0.05, 0) is 26.0 Å². The van der Waals surface area contributed by atoms with Gasteiger partial charge in [0.25, 0.3) is 0 Å². The maximum atomic E-state index is 11.8. The van der Waals surface area contributed by atoms with E-state index in [1.807, 2.05) is 0 Å². The molecule has 0 fully saturated rings. The van der Waals surface area contributed by atoms with Crippen molar-refractivity contribution in [1.29, 1.82) is 0 Å². The van der Waals surface area contributed by atoms with Crippen LogP contribution in [0, 0.1) is 0 Å². The first-order valence-electron chi connectivity index (χ1n) is 6.10. The Labute approximate surface area is 118 Å². The number of para-hydroxylation sites is 1. The van der Waals surface area contributed by atoms with Gasteiger partial charge in [0.2, 0.25) is 0 Å². The lowest BCUT2D eigenvalue weighted by Crippen LogP contribution is -2.22. The van der Waals surface area contributed by atoms with Crippen LogP contribution in [0.3, 0.4) is 0 Å². The molecule has 0 heterocycles. The van der Waals surface area contributed by atoms with Crippen molar-refractivity contribution in [3.63, 3.8) is 0 Å². The van der Waals surface area contributed by atoms with Gasteiger partial charge in [-0.3, -0.25) is 0 Å². The number of sulfone groups is 1. The normalized spacial score (nSPS) is 11.4. The van der Waals surface area contributed by atoms with Gasteiger partial charge in [0.15, 0.2) is 9.84 Å². The number of anilines is 1. The second-order valence-electron chi connectivity index (χ2n) is 4.47. The van der Waals surface area contributed by atoms with Gasteiger partial charge >= 0.3 is 5.97 Å². The number of esters is 1. The molecule has 0 amide bonds. The number of nitrogen functional groups attached to an aromatic ring is 1. The highest BCUT2D eigenvalue weighted by molar-refractivity contribution is 7.91. The third-order valence-electron chi connectivity index (χ3n) is 2.83. The topological polar surface area (TPSA) is 95.7 Å². The van der Waals surface area contributed by atoms with Gasteiger partial charge in [-0.25, -0.2) is 13.2 Å². The fraction of sp³-hybridized carbons (Fsp3) is 0.462. The molecule has 6 nitrogen and oxygen atoms in total. The van der Waals surface area contributed by atoms with E-state index in [0.29, 0.717) is 5.75 Å². The van der Waals surface area contributed by atoms with Crippen LogP contribution in [0.4, 0.5) is 5.69 Å². The van der Waals surface area contributed by atoms with Crippen molar-refractivity contribution in [3.05, 3.63) is 23.8 Å². The Morgan fingerprint density at radius 1 is 1.35 bits per heavy atom. The van der Waals surface area contributed by atoms with E-state index in [1.54, 1.807) is 26.0 Å². The molecule has 0 aliphatic heterocycles. The summed E-state index contributed by atoms with van der Waals surface area (Å²) in [5.74, 6) is -0.505. The van der Waals surface area contributed by atoms with Gasteiger partial charge in [-0.15, -0.1) is 0 Å². The summed E-state index contributed by atoms with van der Waals surface area (Å²) in [6.45, 7) is 2.96. The number of ether oxygens (including phenoxy) is 2. The van der Waals surface area contributed by atoms with Crippen LogP contribution in [0.1, 0.15) is 24.2 Å². The van der Waals surface area contributed by atoms with Crippen LogP contribution in [0.15, 0.2) is 18.2 Å². The summed E-state index contributed by atoms with van der Waals surface area (Å²) in [5.41, 5.74) is 6.09. The SMILES string of the molecule is COc1cccc(C(=O)OCCS(=O)(=O)C(C)C)c1N. The van der Waals surface area contributed by atoms with Crippen molar-refractivity contribution in [1.82, 2.24) is 0 Å². The maximum Gasteiger partial charge on any atom is 0.340 e. The van der Waals surface area contributed by atoms with Gasteiger partial charge < -0.3 is 15.2 Å². The van der Waals surface area contributed by atoms with Crippen LogP contribution in [-0.2, 0) is 14.6 Å². The lowest BCUT2D eigenvalue weighted by atomic mass is 10.1. The second-order valence-corrected chi connectivity index (χ2v) is 7.15. The third kappa shape index (κ3) is 3.86. The van der Waals surface area contributed by atoms with Crippen molar-refractivity contribution in [2.75, 3.05) is 25.2 Å². The lowest BCUT2D eigenvalue weighted by molar-refractivity contribution is 0.0530. The highest BCUT2D eigenvalue weighted by Gasteiger charge is 2.18. The molecule has 0 saturated carbocycles. The summed E-state index contributed by atoms with van der Waals surface area (Å²) in [4.78, 5) is 11.8. The number of nitrogens with two attached hydrogens (primary N) is 1. The van der Waals surface area contributed by atoms with Gasteiger partial charge in [0.05, 0.1) is 29.4 Å². The first-order chi connectivity index (χ1) is 9.29. The van der Waals surface area contributed by atoms with Crippen molar-refractivity contribution in [2.24, 2.45) is 0 Å². The average molecular weight is 301 g/mol. The number of carbonyl (C=O) groups is 1. The van der Waals surface area contributed by atoms with Gasteiger partial charge in [-0.1, -0.05) is 6.07 Å². The predicted molar refractivity (Wildman–Crippen MR) is 76.6 cm³/mol. The van der Waals surface area contributed by atoms with Crippen LogP contribution in [0.25, 0.3) is 0 Å². The van der Waals surface area contributed by atoms with Crippen LogP contribution in [0.2, 0.25) is 0 Å². The molecule has 2 N–H and O–H groups in total. The van der Waals surface area contributed by atoms with E-state index in [9.17, 15) is 13.2 Å². The molecule has 0 saturated heterocycles. The minimum atomic E-state index is -3.23. The third-order valence-corrected chi connectivity index (χ3v) is 5.00. The average Bonchev–Trinajstić information content (AvgIpc) is 2.38. The molecule has 0 atom stereocenters. The summed E-state index contributed by atoms with van der Waals surface area (Å²) < 4.78 is 33.1. The molecule has 0 aliphatic carbocycles. The second kappa shape index (κ2) is 6.60. The molecule has 1 rings (SSSR count). The Morgan fingerprint density at radius 3 is 2.55 bits per heavy atom. The molecule has 0 radical (unpaired) electrons. The molecule has 0 spiro atoms. The minimum absolute atomic E-state index is 0.159. The predicted octanol–water partition coefficient (Wildman–Crippen LogP) is 1.26. The van der Waals surface area contributed by atoms with E-state index >= 15 is 0 Å². The quantitative estimate of drug-likeness (QED) is 0.627. The first-order valence-corrected chi connectivity index (χ1v) is 7.82. The van der Waals surface area contributed by atoms with Crippen LogP contribution in [0.5, 0.6) is 5.75 Å². The van der Waals surface area contributed by atoms with Crippen LogP contribution in [-0.4, -0.2) is 39.1 Å². The molecular formula is C13H19NO5S. The highest BCUT2D eigenvalue weighted by Crippen LogP contribution is 2.25. The lowest BCUT2D eigenvalue weighted by Gasteiger charge is -2.11. The number of hydrogen-bond donors (Lipinski definition) is 1.